The van der Waals surface area contributed by atoms with Crippen LogP contribution in [0, 0.1) is 5.82 Å². The summed E-state index contributed by atoms with van der Waals surface area (Å²) >= 11 is 0. The number of nitrogens with zero attached hydrogens (tertiary/aromatic N) is 1. The largest absolute Gasteiger partial charge is 0.493 e. The maximum atomic E-state index is 13.5. The fourth-order valence-electron chi connectivity index (χ4n) is 4.06. The number of aryl methyl sites for hydroxylation is 1. The molecule has 0 aromatic heterocycles. The zero-order valence-corrected chi connectivity index (χ0v) is 23.3. The highest BCUT2D eigenvalue weighted by Crippen LogP contribution is 2.32. The predicted molar refractivity (Wildman–Crippen MR) is 147 cm³/mol. The number of benzene rings is 3. The van der Waals surface area contributed by atoms with Crippen molar-refractivity contribution in [3.05, 3.63) is 89.2 Å². The third kappa shape index (κ3) is 7.57. The Hall–Kier alpha value is -3.39. The van der Waals surface area contributed by atoms with Crippen molar-refractivity contribution in [3.63, 3.8) is 0 Å². The summed E-state index contributed by atoms with van der Waals surface area (Å²) in [6.07, 6.45) is 5.21. The summed E-state index contributed by atoms with van der Waals surface area (Å²) in [7, 11) is -2.82. The van der Waals surface area contributed by atoms with E-state index in [0.717, 1.165) is 49.9 Å². The molecule has 1 atom stereocenters. The lowest BCUT2D eigenvalue weighted by molar-refractivity contribution is 0.0671. The molecule has 3 aromatic carbocycles. The van der Waals surface area contributed by atoms with Gasteiger partial charge in [-0.05, 0) is 85.8 Å². The first-order valence-corrected chi connectivity index (χ1v) is 14.4. The van der Waals surface area contributed by atoms with Gasteiger partial charge in [-0.3, -0.25) is 4.79 Å². The highest BCUT2D eigenvalue weighted by Gasteiger charge is 2.23. The third-order valence-electron chi connectivity index (χ3n) is 6.54. The first-order valence-electron chi connectivity index (χ1n) is 12.9. The van der Waals surface area contributed by atoms with Gasteiger partial charge in [0.2, 0.25) is 0 Å². The summed E-state index contributed by atoms with van der Waals surface area (Å²) in [5.74, 6) is -0.442. The second kappa shape index (κ2) is 13.4. The third-order valence-corrected chi connectivity index (χ3v) is 7.78. The second-order valence-electron chi connectivity index (χ2n) is 9.32. The summed E-state index contributed by atoms with van der Waals surface area (Å²) in [4.78, 5) is 15.1. The number of carbonyl (C=O) groups excluding carboxylic acids is 1. The van der Waals surface area contributed by atoms with Crippen LogP contribution in [-0.2, 0) is 23.1 Å². The quantitative estimate of drug-likeness (QED) is 0.176. The Balaban J connectivity index is 1.84. The SMILES string of the molecule is CCCCCc1ccc(C(=O)N(Cc2ccc(OC)c(OS(=O)(=O)c3ccc(F)cc3)c2)C(C)CC)cc1. The van der Waals surface area contributed by atoms with E-state index in [9.17, 15) is 17.6 Å². The Labute approximate surface area is 225 Å². The van der Waals surface area contributed by atoms with E-state index in [2.05, 4.69) is 6.92 Å². The number of ether oxygens (including phenoxy) is 1. The fourth-order valence-corrected chi connectivity index (χ4v) is 4.99. The number of carbonyl (C=O) groups is 1. The Morgan fingerprint density at radius 2 is 1.58 bits per heavy atom. The minimum Gasteiger partial charge on any atom is -0.493 e. The fraction of sp³-hybridized carbons (Fsp3) is 0.367. The van der Waals surface area contributed by atoms with Crippen molar-refractivity contribution in [2.75, 3.05) is 7.11 Å². The van der Waals surface area contributed by atoms with Gasteiger partial charge in [0.05, 0.1) is 7.11 Å². The van der Waals surface area contributed by atoms with Crippen molar-refractivity contribution in [2.45, 2.75) is 70.4 Å². The molecule has 0 heterocycles. The van der Waals surface area contributed by atoms with Crippen molar-refractivity contribution in [1.82, 2.24) is 4.90 Å². The van der Waals surface area contributed by atoms with Gasteiger partial charge in [-0.15, -0.1) is 0 Å². The van der Waals surface area contributed by atoms with Crippen LogP contribution in [0.4, 0.5) is 4.39 Å². The van der Waals surface area contributed by atoms with Gasteiger partial charge < -0.3 is 13.8 Å². The predicted octanol–water partition coefficient (Wildman–Crippen LogP) is 6.78. The minimum atomic E-state index is -4.23. The van der Waals surface area contributed by atoms with Crippen molar-refractivity contribution < 1.29 is 26.5 Å². The Morgan fingerprint density at radius 1 is 0.921 bits per heavy atom. The van der Waals surface area contributed by atoms with Crippen LogP contribution in [0.2, 0.25) is 0 Å². The van der Waals surface area contributed by atoms with E-state index in [1.165, 1.54) is 19.1 Å². The monoisotopic (exact) mass is 541 g/mol. The number of halogens is 1. The van der Waals surface area contributed by atoms with Crippen molar-refractivity contribution in [2.24, 2.45) is 0 Å². The molecule has 0 bridgehead atoms. The maximum absolute atomic E-state index is 13.5. The number of hydrogen-bond donors (Lipinski definition) is 0. The van der Waals surface area contributed by atoms with Crippen LogP contribution >= 0.6 is 0 Å². The topological polar surface area (TPSA) is 72.9 Å². The molecule has 6 nitrogen and oxygen atoms in total. The molecule has 0 saturated carbocycles. The van der Waals surface area contributed by atoms with Gasteiger partial charge in [0.1, 0.15) is 10.7 Å². The standard InChI is InChI=1S/C30H36FNO5S/c1-5-7-8-9-23-10-13-25(14-11-23)30(33)32(22(3)6-2)21-24-12-19-28(36-4)29(20-24)37-38(34,35)27-17-15-26(31)16-18-27/h10-20,22H,5-9,21H2,1-4H3. The molecule has 0 aliphatic carbocycles. The molecule has 204 valence electrons. The van der Waals surface area contributed by atoms with Crippen LogP contribution in [0.3, 0.4) is 0 Å². The molecule has 38 heavy (non-hydrogen) atoms. The number of amides is 1. The molecule has 0 saturated heterocycles. The van der Waals surface area contributed by atoms with E-state index in [-0.39, 0.29) is 34.9 Å². The molecular weight excluding hydrogens is 505 g/mol. The van der Waals surface area contributed by atoms with Crippen LogP contribution in [0.1, 0.15) is 67.9 Å². The first kappa shape index (κ1) is 29.2. The zero-order valence-electron chi connectivity index (χ0n) is 22.4. The molecule has 8 heteroatoms. The highest BCUT2D eigenvalue weighted by molar-refractivity contribution is 7.87. The lowest BCUT2D eigenvalue weighted by Crippen LogP contribution is -2.37. The van der Waals surface area contributed by atoms with Crippen LogP contribution in [0.25, 0.3) is 0 Å². The molecule has 3 aromatic rings. The smallest absolute Gasteiger partial charge is 0.339 e. The molecule has 0 fully saturated rings. The van der Waals surface area contributed by atoms with Crippen molar-refractivity contribution >= 4 is 16.0 Å². The lowest BCUT2D eigenvalue weighted by Gasteiger charge is -2.29. The summed E-state index contributed by atoms with van der Waals surface area (Å²) in [5, 5.41) is 0. The van der Waals surface area contributed by atoms with Crippen LogP contribution in [0.15, 0.2) is 71.6 Å². The summed E-state index contributed by atoms with van der Waals surface area (Å²) in [6.45, 7) is 6.42. The molecule has 0 aliphatic rings. The number of hydrogen-bond acceptors (Lipinski definition) is 5. The van der Waals surface area contributed by atoms with E-state index in [1.807, 2.05) is 38.1 Å². The Kier molecular flexibility index (Phi) is 10.3. The highest BCUT2D eigenvalue weighted by atomic mass is 32.2. The van der Waals surface area contributed by atoms with Gasteiger partial charge in [-0.25, -0.2) is 4.39 Å². The summed E-state index contributed by atoms with van der Waals surface area (Å²) in [5.41, 5.74) is 2.50. The molecular formula is C30H36FNO5S. The van der Waals surface area contributed by atoms with Gasteiger partial charge in [-0.2, -0.15) is 8.42 Å². The molecule has 0 aliphatic heterocycles. The van der Waals surface area contributed by atoms with Gasteiger partial charge >= 0.3 is 10.1 Å². The summed E-state index contributed by atoms with van der Waals surface area (Å²) in [6, 6.07) is 17.0. The second-order valence-corrected chi connectivity index (χ2v) is 10.9. The van der Waals surface area contributed by atoms with E-state index in [4.69, 9.17) is 8.92 Å². The van der Waals surface area contributed by atoms with E-state index in [0.29, 0.717) is 11.1 Å². The average molecular weight is 542 g/mol. The zero-order chi connectivity index (χ0) is 27.7. The van der Waals surface area contributed by atoms with Gasteiger partial charge in [0.25, 0.3) is 5.91 Å². The van der Waals surface area contributed by atoms with E-state index >= 15 is 0 Å². The molecule has 0 N–H and O–H groups in total. The van der Waals surface area contributed by atoms with Crippen LogP contribution in [0.5, 0.6) is 11.5 Å². The van der Waals surface area contributed by atoms with Crippen LogP contribution < -0.4 is 8.92 Å². The van der Waals surface area contributed by atoms with Crippen molar-refractivity contribution in [1.29, 1.82) is 0 Å². The molecule has 1 unspecified atom stereocenters. The van der Waals surface area contributed by atoms with Gasteiger partial charge in [0.15, 0.2) is 11.5 Å². The number of unbranched alkanes of at least 4 members (excludes halogenated alkanes) is 2. The Bertz CT molecular complexity index is 1310. The molecule has 1 amide bonds. The molecule has 0 radical (unpaired) electrons. The van der Waals surface area contributed by atoms with E-state index < -0.39 is 15.9 Å². The van der Waals surface area contributed by atoms with Crippen LogP contribution in [-0.4, -0.2) is 32.4 Å². The minimum absolute atomic E-state index is 0.0118. The first-order chi connectivity index (χ1) is 18.2. The van der Waals surface area contributed by atoms with E-state index in [1.54, 1.807) is 23.1 Å². The molecule has 3 rings (SSSR count). The lowest BCUT2D eigenvalue weighted by atomic mass is 10.0. The summed E-state index contributed by atoms with van der Waals surface area (Å²) < 4.78 is 49.6. The normalized spacial score (nSPS) is 12.1. The number of methoxy groups -OCH3 is 1. The number of rotatable bonds is 13. The average Bonchev–Trinajstić information content (AvgIpc) is 2.91. The van der Waals surface area contributed by atoms with Gasteiger partial charge in [0, 0.05) is 18.2 Å². The molecule has 0 spiro atoms. The maximum Gasteiger partial charge on any atom is 0.339 e. The Morgan fingerprint density at radius 3 is 2.18 bits per heavy atom. The van der Waals surface area contributed by atoms with Gasteiger partial charge in [-0.1, -0.05) is 44.9 Å². The van der Waals surface area contributed by atoms with Crippen molar-refractivity contribution in [3.8, 4) is 11.5 Å².